The fourth-order valence-corrected chi connectivity index (χ4v) is 2.39. The highest BCUT2D eigenvalue weighted by molar-refractivity contribution is 7.09. The van der Waals surface area contributed by atoms with E-state index in [-0.39, 0.29) is 11.9 Å². The van der Waals surface area contributed by atoms with Gasteiger partial charge in [-0.15, -0.1) is 11.3 Å². The van der Waals surface area contributed by atoms with Crippen molar-refractivity contribution >= 4 is 17.1 Å². The average Bonchev–Trinajstić information content (AvgIpc) is 2.66. The van der Waals surface area contributed by atoms with Gasteiger partial charge in [-0.2, -0.15) is 0 Å². The van der Waals surface area contributed by atoms with Gasteiger partial charge in [0.1, 0.15) is 5.69 Å². The molecule has 0 spiro atoms. The van der Waals surface area contributed by atoms with Crippen molar-refractivity contribution in [3.8, 4) is 0 Å². The second kappa shape index (κ2) is 4.86. The van der Waals surface area contributed by atoms with Gasteiger partial charge in [0, 0.05) is 18.4 Å². The molecule has 1 aromatic rings. The fourth-order valence-electron chi connectivity index (χ4n) is 1.77. The largest absolute Gasteiger partial charge is 0.378 e. The van der Waals surface area contributed by atoms with Crippen molar-refractivity contribution in [3.63, 3.8) is 0 Å². The van der Waals surface area contributed by atoms with Crippen LogP contribution in [-0.4, -0.2) is 23.5 Å². The Morgan fingerprint density at radius 2 is 2.53 bits per heavy atom. The monoisotopic (exact) mass is 225 g/mol. The summed E-state index contributed by atoms with van der Waals surface area (Å²) in [6.45, 7) is 2.71. The highest BCUT2D eigenvalue weighted by Crippen LogP contribution is 2.18. The minimum atomic E-state index is 0.117. The Kier molecular flexibility index (Phi) is 3.49. The van der Waals surface area contributed by atoms with E-state index in [0.717, 1.165) is 24.5 Å². The molecule has 82 valence electrons. The first-order valence-corrected chi connectivity index (χ1v) is 6.20. The number of rotatable bonds is 3. The predicted octanol–water partition coefficient (Wildman–Crippen LogP) is 2.59. The van der Waals surface area contributed by atoms with Gasteiger partial charge in [0.15, 0.2) is 5.78 Å². The van der Waals surface area contributed by atoms with E-state index in [9.17, 15) is 4.79 Å². The first-order valence-electron chi connectivity index (χ1n) is 5.32. The lowest BCUT2D eigenvalue weighted by Gasteiger charge is -2.21. The molecule has 1 unspecified atom stereocenters. The first kappa shape index (κ1) is 10.8. The van der Waals surface area contributed by atoms with E-state index >= 15 is 0 Å². The van der Waals surface area contributed by atoms with Crippen molar-refractivity contribution in [2.24, 2.45) is 0 Å². The Morgan fingerprint density at radius 1 is 1.67 bits per heavy atom. The Bertz CT molecular complexity index is 342. The number of nitrogens with zero attached hydrogens (tertiary/aromatic N) is 1. The molecule has 0 aliphatic carbocycles. The molecule has 1 aromatic heterocycles. The molecule has 1 saturated heterocycles. The molecule has 1 atom stereocenters. The molecular formula is C11H15NO2S. The van der Waals surface area contributed by atoms with Crippen LogP contribution >= 0.6 is 11.3 Å². The summed E-state index contributed by atoms with van der Waals surface area (Å²) >= 11 is 1.52. The Labute approximate surface area is 93.5 Å². The van der Waals surface area contributed by atoms with Crippen molar-refractivity contribution in [1.82, 2.24) is 4.98 Å². The van der Waals surface area contributed by atoms with E-state index in [2.05, 4.69) is 4.98 Å². The van der Waals surface area contributed by atoms with Crippen LogP contribution in [0.25, 0.3) is 0 Å². The van der Waals surface area contributed by atoms with E-state index in [1.165, 1.54) is 17.8 Å². The Hall–Kier alpha value is -0.740. The molecule has 0 bridgehead atoms. The number of aryl methyl sites for hydroxylation is 1. The number of hydrogen-bond acceptors (Lipinski definition) is 4. The highest BCUT2D eigenvalue weighted by atomic mass is 32.1. The standard InChI is InChI=1S/C11H15NO2S/c1-8-12-10(7-15-8)11(13)6-9-4-2-3-5-14-9/h7,9H,2-6H2,1H3. The summed E-state index contributed by atoms with van der Waals surface area (Å²) in [5, 5.41) is 2.78. The summed E-state index contributed by atoms with van der Waals surface area (Å²) in [6.07, 6.45) is 3.92. The van der Waals surface area contributed by atoms with Crippen molar-refractivity contribution in [1.29, 1.82) is 0 Å². The molecule has 0 radical (unpaired) electrons. The Morgan fingerprint density at radius 3 is 3.13 bits per heavy atom. The van der Waals surface area contributed by atoms with Gasteiger partial charge in [-0.25, -0.2) is 4.98 Å². The van der Waals surface area contributed by atoms with Crippen LogP contribution in [-0.2, 0) is 4.74 Å². The topological polar surface area (TPSA) is 39.2 Å². The van der Waals surface area contributed by atoms with Crippen molar-refractivity contribution in [2.45, 2.75) is 38.7 Å². The molecule has 1 aliphatic rings. The van der Waals surface area contributed by atoms with Crippen LogP contribution < -0.4 is 0 Å². The predicted molar refractivity (Wildman–Crippen MR) is 59.4 cm³/mol. The quantitative estimate of drug-likeness (QED) is 0.742. The molecular weight excluding hydrogens is 210 g/mol. The van der Waals surface area contributed by atoms with Gasteiger partial charge in [0.2, 0.25) is 0 Å². The maximum atomic E-state index is 11.8. The minimum absolute atomic E-state index is 0.117. The van der Waals surface area contributed by atoms with Gasteiger partial charge in [0.05, 0.1) is 11.1 Å². The molecule has 0 saturated carbocycles. The Balaban J connectivity index is 1.91. The second-order valence-corrected chi connectivity index (χ2v) is 4.93. The van der Waals surface area contributed by atoms with Crippen LogP contribution in [0.3, 0.4) is 0 Å². The zero-order chi connectivity index (χ0) is 10.7. The molecule has 0 aromatic carbocycles. The number of aromatic nitrogens is 1. The minimum Gasteiger partial charge on any atom is -0.378 e. The van der Waals surface area contributed by atoms with Crippen LogP contribution in [0.1, 0.15) is 41.2 Å². The molecule has 1 fully saturated rings. The summed E-state index contributed by atoms with van der Waals surface area (Å²) < 4.78 is 5.53. The number of ketones is 1. The van der Waals surface area contributed by atoms with Gasteiger partial charge < -0.3 is 4.74 Å². The van der Waals surface area contributed by atoms with E-state index in [1.54, 1.807) is 0 Å². The average molecular weight is 225 g/mol. The zero-order valence-corrected chi connectivity index (χ0v) is 9.68. The van der Waals surface area contributed by atoms with Gasteiger partial charge in [0.25, 0.3) is 0 Å². The molecule has 1 aliphatic heterocycles. The lowest BCUT2D eigenvalue weighted by Crippen LogP contribution is -2.22. The summed E-state index contributed by atoms with van der Waals surface area (Å²) in [4.78, 5) is 16.0. The maximum absolute atomic E-state index is 11.8. The fraction of sp³-hybridized carbons (Fsp3) is 0.636. The normalized spacial score (nSPS) is 21.5. The number of thiazole rings is 1. The maximum Gasteiger partial charge on any atom is 0.184 e. The van der Waals surface area contributed by atoms with Crippen LogP contribution in [0.5, 0.6) is 0 Å². The highest BCUT2D eigenvalue weighted by Gasteiger charge is 2.19. The van der Waals surface area contributed by atoms with Crippen LogP contribution in [0.2, 0.25) is 0 Å². The molecule has 15 heavy (non-hydrogen) atoms. The summed E-state index contributed by atoms with van der Waals surface area (Å²) in [6, 6.07) is 0. The summed E-state index contributed by atoms with van der Waals surface area (Å²) in [5.41, 5.74) is 0.603. The summed E-state index contributed by atoms with van der Waals surface area (Å²) in [5.74, 6) is 0.117. The number of ether oxygens (including phenoxy) is 1. The van der Waals surface area contributed by atoms with E-state index in [4.69, 9.17) is 4.74 Å². The van der Waals surface area contributed by atoms with E-state index in [0.29, 0.717) is 12.1 Å². The molecule has 0 N–H and O–H groups in total. The van der Waals surface area contributed by atoms with Crippen molar-refractivity contribution < 1.29 is 9.53 Å². The third kappa shape index (κ3) is 2.86. The van der Waals surface area contributed by atoms with E-state index in [1.807, 2.05) is 12.3 Å². The zero-order valence-electron chi connectivity index (χ0n) is 8.86. The lowest BCUT2D eigenvalue weighted by atomic mass is 10.0. The van der Waals surface area contributed by atoms with Crippen molar-refractivity contribution in [2.75, 3.05) is 6.61 Å². The third-order valence-corrected chi connectivity index (χ3v) is 3.37. The third-order valence-electron chi connectivity index (χ3n) is 2.59. The smallest absolute Gasteiger partial charge is 0.184 e. The molecule has 2 rings (SSSR count). The van der Waals surface area contributed by atoms with Gasteiger partial charge in [-0.1, -0.05) is 0 Å². The molecule has 4 heteroatoms. The molecule has 3 nitrogen and oxygen atoms in total. The van der Waals surface area contributed by atoms with Gasteiger partial charge >= 0.3 is 0 Å². The molecule has 0 amide bonds. The number of carbonyl (C=O) groups is 1. The van der Waals surface area contributed by atoms with Gasteiger partial charge in [-0.05, 0) is 26.2 Å². The van der Waals surface area contributed by atoms with Crippen molar-refractivity contribution in [3.05, 3.63) is 16.1 Å². The van der Waals surface area contributed by atoms with Crippen LogP contribution in [0.4, 0.5) is 0 Å². The number of carbonyl (C=O) groups excluding carboxylic acids is 1. The number of Topliss-reactive ketones (excluding diaryl/α,β-unsaturated/α-hetero) is 1. The lowest BCUT2D eigenvalue weighted by molar-refractivity contribution is 0.0128. The number of hydrogen-bond donors (Lipinski definition) is 0. The van der Waals surface area contributed by atoms with Gasteiger partial charge in [-0.3, -0.25) is 4.79 Å². The summed E-state index contributed by atoms with van der Waals surface area (Å²) in [7, 11) is 0. The van der Waals surface area contributed by atoms with E-state index < -0.39 is 0 Å². The second-order valence-electron chi connectivity index (χ2n) is 3.87. The molecule has 2 heterocycles. The van der Waals surface area contributed by atoms with Crippen LogP contribution in [0.15, 0.2) is 5.38 Å². The van der Waals surface area contributed by atoms with Crippen LogP contribution in [0, 0.1) is 6.92 Å². The first-order chi connectivity index (χ1) is 7.25. The SMILES string of the molecule is Cc1nc(C(=O)CC2CCCCO2)cs1.